The molecule has 0 radical (unpaired) electrons. The second-order valence-electron chi connectivity index (χ2n) is 4.90. The van der Waals surface area contributed by atoms with Crippen LogP contribution in [0.15, 0.2) is 45.9 Å². The van der Waals surface area contributed by atoms with Gasteiger partial charge in [-0.2, -0.15) is 0 Å². The number of hydrogen-bond donors (Lipinski definition) is 1. The van der Waals surface area contributed by atoms with Gasteiger partial charge in [-0.05, 0) is 33.6 Å². The molecule has 0 unspecified atom stereocenters. The summed E-state index contributed by atoms with van der Waals surface area (Å²) in [5.41, 5.74) is 0. The lowest BCUT2D eigenvalue weighted by Gasteiger charge is -2.04. The van der Waals surface area contributed by atoms with Crippen LogP contribution >= 0.6 is 0 Å². The van der Waals surface area contributed by atoms with Gasteiger partial charge in [0.1, 0.15) is 6.20 Å². The van der Waals surface area contributed by atoms with E-state index in [9.17, 15) is 14.9 Å². The summed E-state index contributed by atoms with van der Waals surface area (Å²) >= 11 is 0. The SMILES string of the molecule is O=C(NCCCn1cnc([N+](=O)[O-])c1)Oc1cc(-c2ccco2)on1. The summed E-state index contributed by atoms with van der Waals surface area (Å²) in [6, 6.07) is 4.81. The van der Waals surface area contributed by atoms with Crippen molar-refractivity contribution in [2.75, 3.05) is 6.54 Å². The summed E-state index contributed by atoms with van der Waals surface area (Å²) in [5, 5.41) is 16.7. The van der Waals surface area contributed by atoms with Crippen LogP contribution in [0.2, 0.25) is 0 Å². The normalized spacial score (nSPS) is 10.6. The van der Waals surface area contributed by atoms with E-state index in [1.165, 1.54) is 24.9 Å². The lowest BCUT2D eigenvalue weighted by atomic mass is 10.3. The minimum absolute atomic E-state index is 0.00846. The fourth-order valence-corrected chi connectivity index (χ4v) is 1.99. The van der Waals surface area contributed by atoms with Crippen LogP contribution in [0.4, 0.5) is 10.6 Å². The molecule has 3 aromatic rings. The number of hydrogen-bond acceptors (Lipinski definition) is 8. The Morgan fingerprint density at radius 3 is 3.04 bits per heavy atom. The maximum absolute atomic E-state index is 11.7. The van der Waals surface area contributed by atoms with Gasteiger partial charge >= 0.3 is 11.9 Å². The maximum Gasteiger partial charge on any atom is 0.414 e. The first-order chi connectivity index (χ1) is 12.1. The highest BCUT2D eigenvalue weighted by Gasteiger charge is 2.13. The third-order valence-corrected chi connectivity index (χ3v) is 3.12. The van der Waals surface area contributed by atoms with Gasteiger partial charge in [0.2, 0.25) is 12.1 Å². The van der Waals surface area contributed by atoms with E-state index in [0.29, 0.717) is 31.0 Å². The van der Waals surface area contributed by atoms with E-state index < -0.39 is 11.0 Å². The quantitative estimate of drug-likeness (QED) is 0.390. The highest BCUT2D eigenvalue weighted by Crippen LogP contribution is 2.23. The van der Waals surface area contributed by atoms with Crippen LogP contribution in [0.1, 0.15) is 6.42 Å². The Bertz CT molecular complexity index is 853. The molecular weight excluding hydrogens is 334 g/mol. The molecule has 11 nitrogen and oxygen atoms in total. The molecule has 1 amide bonds. The first-order valence-corrected chi connectivity index (χ1v) is 7.24. The van der Waals surface area contributed by atoms with Crippen molar-refractivity contribution < 1.29 is 23.4 Å². The Morgan fingerprint density at radius 1 is 1.44 bits per heavy atom. The number of furan rings is 1. The molecule has 0 aromatic carbocycles. The second kappa shape index (κ2) is 7.29. The Balaban J connectivity index is 1.40. The van der Waals surface area contributed by atoms with Crippen LogP contribution < -0.4 is 10.1 Å². The van der Waals surface area contributed by atoms with Gasteiger partial charge in [-0.3, -0.25) is 0 Å². The van der Waals surface area contributed by atoms with Crippen molar-refractivity contribution >= 4 is 11.9 Å². The lowest BCUT2D eigenvalue weighted by Crippen LogP contribution is -2.28. The van der Waals surface area contributed by atoms with Crippen LogP contribution in [0.3, 0.4) is 0 Å². The third-order valence-electron chi connectivity index (χ3n) is 3.12. The van der Waals surface area contributed by atoms with Gasteiger partial charge in [-0.25, -0.2) is 4.79 Å². The van der Waals surface area contributed by atoms with Crippen LogP contribution in [0.25, 0.3) is 11.5 Å². The number of nitrogens with zero attached hydrogens (tertiary/aromatic N) is 4. The number of aryl methyl sites for hydroxylation is 1. The highest BCUT2D eigenvalue weighted by atomic mass is 16.6. The van der Waals surface area contributed by atoms with Crippen molar-refractivity contribution in [1.82, 2.24) is 20.0 Å². The summed E-state index contributed by atoms with van der Waals surface area (Å²) in [6.45, 7) is 0.779. The Kier molecular flexibility index (Phi) is 4.74. The summed E-state index contributed by atoms with van der Waals surface area (Å²) in [7, 11) is 0. The number of rotatable bonds is 7. The van der Waals surface area contributed by atoms with Crippen LogP contribution in [-0.2, 0) is 6.54 Å². The molecule has 1 N–H and O–H groups in total. The third kappa shape index (κ3) is 4.22. The fraction of sp³-hybridized carbons (Fsp3) is 0.214. The van der Waals surface area contributed by atoms with Crippen LogP contribution in [0, 0.1) is 10.1 Å². The predicted octanol–water partition coefficient (Wildman–Crippen LogP) is 2.22. The zero-order chi connectivity index (χ0) is 17.6. The smallest absolute Gasteiger partial charge is 0.414 e. The monoisotopic (exact) mass is 347 g/mol. The summed E-state index contributed by atoms with van der Waals surface area (Å²) in [5.74, 6) is 0.603. The van der Waals surface area contributed by atoms with E-state index in [-0.39, 0.29) is 11.7 Å². The minimum atomic E-state index is -0.684. The molecule has 0 spiro atoms. The molecule has 0 aliphatic carbocycles. The first-order valence-electron chi connectivity index (χ1n) is 7.24. The van der Waals surface area contributed by atoms with Crippen LogP contribution in [0.5, 0.6) is 5.88 Å². The van der Waals surface area contributed by atoms with Crippen molar-refractivity contribution in [3.63, 3.8) is 0 Å². The first kappa shape index (κ1) is 16.2. The average Bonchev–Trinajstić information content (AvgIpc) is 3.31. The number of amides is 1. The molecule has 0 bridgehead atoms. The van der Waals surface area contributed by atoms with Crippen molar-refractivity contribution in [2.45, 2.75) is 13.0 Å². The molecular formula is C14H13N5O6. The topological polar surface area (TPSA) is 138 Å². The number of carbonyl (C=O) groups excluding carboxylic acids is 1. The summed E-state index contributed by atoms with van der Waals surface area (Å²) in [4.78, 5) is 25.3. The van der Waals surface area contributed by atoms with Crippen molar-refractivity contribution in [1.29, 1.82) is 0 Å². The van der Waals surface area contributed by atoms with Gasteiger partial charge in [0, 0.05) is 13.1 Å². The minimum Gasteiger partial charge on any atom is -0.461 e. The zero-order valence-electron chi connectivity index (χ0n) is 12.8. The van der Waals surface area contributed by atoms with Gasteiger partial charge in [0.25, 0.3) is 5.88 Å². The molecule has 3 rings (SSSR count). The average molecular weight is 347 g/mol. The van der Waals surface area contributed by atoms with Gasteiger partial charge in [0.05, 0.1) is 12.3 Å². The lowest BCUT2D eigenvalue weighted by molar-refractivity contribution is -0.389. The molecule has 0 atom stereocenters. The fourth-order valence-electron chi connectivity index (χ4n) is 1.99. The highest BCUT2D eigenvalue weighted by molar-refractivity contribution is 5.70. The zero-order valence-corrected chi connectivity index (χ0v) is 12.8. The van der Waals surface area contributed by atoms with E-state index in [1.54, 1.807) is 16.7 Å². The molecule has 0 saturated heterocycles. The van der Waals surface area contributed by atoms with Crippen LogP contribution in [-0.4, -0.2) is 32.3 Å². The molecule has 0 fully saturated rings. The van der Waals surface area contributed by atoms with Gasteiger partial charge in [-0.15, -0.1) is 0 Å². The number of aromatic nitrogens is 3. The number of ether oxygens (including phenoxy) is 1. The Morgan fingerprint density at radius 2 is 2.32 bits per heavy atom. The van der Waals surface area contributed by atoms with E-state index in [2.05, 4.69) is 15.5 Å². The van der Waals surface area contributed by atoms with Gasteiger partial charge in [-0.1, -0.05) is 0 Å². The Hall–Kier alpha value is -3.63. The summed E-state index contributed by atoms with van der Waals surface area (Å²) < 4.78 is 16.7. The molecule has 0 aliphatic heterocycles. The Labute approximate surface area is 140 Å². The molecule has 0 saturated carbocycles. The predicted molar refractivity (Wildman–Crippen MR) is 81.7 cm³/mol. The van der Waals surface area contributed by atoms with Gasteiger partial charge < -0.3 is 33.7 Å². The van der Waals surface area contributed by atoms with E-state index in [4.69, 9.17) is 13.7 Å². The molecule has 3 aromatic heterocycles. The number of imidazole rings is 1. The number of carbonyl (C=O) groups is 1. The standard InChI is InChI=1S/C14H13N5O6/c20-14(15-4-2-5-18-8-12(16-9-18)19(21)22)24-13-7-11(25-17-13)10-3-1-6-23-10/h1,3,6-9H,2,4-5H2,(H,15,20). The van der Waals surface area contributed by atoms with Crippen molar-refractivity contribution in [2.24, 2.45) is 0 Å². The van der Waals surface area contributed by atoms with E-state index in [0.717, 1.165) is 0 Å². The molecule has 130 valence electrons. The molecule has 25 heavy (non-hydrogen) atoms. The maximum atomic E-state index is 11.7. The second-order valence-corrected chi connectivity index (χ2v) is 4.90. The molecule has 3 heterocycles. The summed E-state index contributed by atoms with van der Waals surface area (Å²) in [6.07, 6.45) is 4.03. The largest absolute Gasteiger partial charge is 0.461 e. The van der Waals surface area contributed by atoms with Crippen molar-refractivity contribution in [3.05, 3.63) is 47.1 Å². The molecule has 11 heteroatoms. The van der Waals surface area contributed by atoms with E-state index >= 15 is 0 Å². The van der Waals surface area contributed by atoms with Crippen molar-refractivity contribution in [3.8, 4) is 17.4 Å². The molecule has 0 aliphatic rings. The number of nitro groups is 1. The number of nitrogens with one attached hydrogen (secondary N) is 1. The van der Waals surface area contributed by atoms with E-state index in [1.807, 2.05) is 0 Å². The van der Waals surface area contributed by atoms with Gasteiger partial charge in [0.15, 0.2) is 5.76 Å².